The highest BCUT2D eigenvalue weighted by molar-refractivity contribution is 7.85. The van der Waals surface area contributed by atoms with Crippen molar-refractivity contribution in [3.8, 4) is 0 Å². The van der Waals surface area contributed by atoms with E-state index in [1.807, 2.05) is 0 Å². The van der Waals surface area contributed by atoms with Crippen molar-refractivity contribution in [1.82, 2.24) is 0 Å². The van der Waals surface area contributed by atoms with Gasteiger partial charge >= 0.3 is 0 Å². The van der Waals surface area contributed by atoms with Crippen LogP contribution >= 0.6 is 0 Å². The first-order valence-electron chi connectivity index (χ1n) is 3.75. The van der Waals surface area contributed by atoms with Crippen molar-refractivity contribution in [2.45, 2.75) is 12.3 Å². The number of benzene rings is 1. The summed E-state index contributed by atoms with van der Waals surface area (Å²) >= 11 is 0. The van der Waals surface area contributed by atoms with Crippen LogP contribution in [-0.2, 0) is 22.4 Å². The SMILES string of the molecule is NCc1ccccc1CS(=O)(=O)O. The lowest BCUT2D eigenvalue weighted by atomic mass is 10.1. The maximum absolute atomic E-state index is 10.6. The van der Waals surface area contributed by atoms with E-state index >= 15 is 0 Å². The van der Waals surface area contributed by atoms with E-state index in [1.54, 1.807) is 24.3 Å². The molecule has 0 heterocycles. The Morgan fingerprint density at radius 3 is 2.23 bits per heavy atom. The second-order valence-electron chi connectivity index (χ2n) is 2.70. The van der Waals surface area contributed by atoms with Crippen molar-refractivity contribution in [3.05, 3.63) is 35.4 Å². The number of hydrogen-bond donors (Lipinski definition) is 2. The summed E-state index contributed by atoms with van der Waals surface area (Å²) in [6.07, 6.45) is 0. The molecule has 1 rings (SSSR count). The summed E-state index contributed by atoms with van der Waals surface area (Å²) in [5.41, 5.74) is 6.68. The Balaban J connectivity index is 3.01. The van der Waals surface area contributed by atoms with Gasteiger partial charge in [0.1, 0.15) is 5.75 Å². The smallest absolute Gasteiger partial charge is 0.269 e. The van der Waals surface area contributed by atoms with E-state index < -0.39 is 10.1 Å². The molecule has 0 saturated heterocycles. The van der Waals surface area contributed by atoms with Crippen molar-refractivity contribution in [1.29, 1.82) is 0 Å². The summed E-state index contributed by atoms with van der Waals surface area (Å²) in [5.74, 6) is -0.375. The van der Waals surface area contributed by atoms with Crippen LogP contribution in [0, 0.1) is 0 Å². The van der Waals surface area contributed by atoms with Gasteiger partial charge < -0.3 is 5.73 Å². The quantitative estimate of drug-likeness (QED) is 0.699. The minimum absolute atomic E-state index is 0.270. The predicted octanol–water partition coefficient (Wildman–Crippen LogP) is 0.533. The van der Waals surface area contributed by atoms with Crippen LogP contribution < -0.4 is 5.73 Å². The van der Waals surface area contributed by atoms with Crippen LogP contribution in [0.1, 0.15) is 11.1 Å². The van der Waals surface area contributed by atoms with Gasteiger partial charge in [0.15, 0.2) is 0 Å². The van der Waals surface area contributed by atoms with Gasteiger partial charge in [0, 0.05) is 6.54 Å². The zero-order valence-electron chi connectivity index (χ0n) is 6.97. The molecule has 0 unspecified atom stereocenters. The van der Waals surface area contributed by atoms with E-state index in [0.29, 0.717) is 5.56 Å². The van der Waals surface area contributed by atoms with Crippen molar-refractivity contribution < 1.29 is 13.0 Å². The van der Waals surface area contributed by atoms with Gasteiger partial charge in [0.05, 0.1) is 0 Å². The summed E-state index contributed by atoms with van der Waals surface area (Å²) in [7, 11) is -3.97. The molecule has 3 N–H and O–H groups in total. The molecule has 0 saturated carbocycles. The summed E-state index contributed by atoms with van der Waals surface area (Å²) < 4.78 is 29.8. The molecule has 13 heavy (non-hydrogen) atoms. The van der Waals surface area contributed by atoms with E-state index in [9.17, 15) is 8.42 Å². The maximum Gasteiger partial charge on any atom is 0.269 e. The Kier molecular flexibility index (Phi) is 3.02. The van der Waals surface area contributed by atoms with Gasteiger partial charge in [-0.25, -0.2) is 0 Å². The van der Waals surface area contributed by atoms with E-state index in [0.717, 1.165) is 5.56 Å². The Morgan fingerprint density at radius 1 is 1.23 bits per heavy atom. The predicted molar refractivity (Wildman–Crippen MR) is 49.6 cm³/mol. The zero-order chi connectivity index (χ0) is 9.90. The third-order valence-corrected chi connectivity index (χ3v) is 2.35. The molecule has 0 amide bonds. The molecule has 0 fully saturated rings. The van der Waals surface area contributed by atoms with Crippen LogP contribution in [-0.4, -0.2) is 13.0 Å². The fourth-order valence-corrected chi connectivity index (χ4v) is 1.77. The van der Waals surface area contributed by atoms with Gasteiger partial charge in [0.2, 0.25) is 0 Å². The van der Waals surface area contributed by atoms with Gasteiger partial charge in [-0.05, 0) is 11.1 Å². The third-order valence-electron chi connectivity index (χ3n) is 1.68. The standard InChI is InChI=1S/C8H11NO3S/c9-5-7-3-1-2-4-8(7)6-13(10,11)12/h1-4H,5-6,9H2,(H,10,11,12). The minimum Gasteiger partial charge on any atom is -0.326 e. The summed E-state index contributed by atoms with van der Waals surface area (Å²) in [5, 5.41) is 0. The fourth-order valence-electron chi connectivity index (χ4n) is 1.09. The molecule has 0 aromatic heterocycles. The number of rotatable bonds is 3. The number of hydrogen-bond acceptors (Lipinski definition) is 3. The summed E-state index contributed by atoms with van der Waals surface area (Å²) in [4.78, 5) is 0. The van der Waals surface area contributed by atoms with Gasteiger partial charge in [-0.1, -0.05) is 24.3 Å². The Hall–Kier alpha value is -0.910. The van der Waals surface area contributed by atoms with Gasteiger partial charge in [-0.2, -0.15) is 8.42 Å². The second kappa shape index (κ2) is 3.87. The molecule has 0 aliphatic carbocycles. The molecule has 5 heteroatoms. The van der Waals surface area contributed by atoms with Crippen molar-refractivity contribution in [2.75, 3.05) is 0 Å². The van der Waals surface area contributed by atoms with Crippen molar-refractivity contribution in [2.24, 2.45) is 5.73 Å². The topological polar surface area (TPSA) is 80.4 Å². The summed E-state index contributed by atoms with van der Waals surface area (Å²) in [6.45, 7) is 0.270. The molecule has 0 aliphatic heterocycles. The molecular formula is C8H11NO3S. The van der Waals surface area contributed by atoms with Gasteiger partial charge in [-0.3, -0.25) is 4.55 Å². The second-order valence-corrected chi connectivity index (χ2v) is 4.15. The maximum atomic E-state index is 10.6. The highest BCUT2D eigenvalue weighted by Crippen LogP contribution is 2.10. The van der Waals surface area contributed by atoms with E-state index in [4.69, 9.17) is 10.3 Å². The van der Waals surface area contributed by atoms with E-state index in [2.05, 4.69) is 0 Å². The highest BCUT2D eigenvalue weighted by Gasteiger charge is 2.08. The molecule has 0 radical (unpaired) electrons. The largest absolute Gasteiger partial charge is 0.326 e. The minimum atomic E-state index is -3.97. The Bertz CT molecular complexity index is 386. The van der Waals surface area contributed by atoms with Crippen LogP contribution in [0.15, 0.2) is 24.3 Å². The fraction of sp³-hybridized carbons (Fsp3) is 0.250. The Labute approximate surface area is 77.1 Å². The van der Waals surface area contributed by atoms with Crippen LogP contribution in [0.5, 0.6) is 0 Å². The Morgan fingerprint density at radius 2 is 1.77 bits per heavy atom. The molecular weight excluding hydrogens is 190 g/mol. The lowest BCUT2D eigenvalue weighted by molar-refractivity contribution is 0.482. The van der Waals surface area contributed by atoms with Crippen LogP contribution in [0.2, 0.25) is 0 Å². The third kappa shape index (κ3) is 3.14. The molecule has 1 aromatic rings. The van der Waals surface area contributed by atoms with E-state index in [1.165, 1.54) is 0 Å². The average Bonchev–Trinajstić information content (AvgIpc) is 2.02. The van der Waals surface area contributed by atoms with Gasteiger partial charge in [0.25, 0.3) is 10.1 Å². The molecule has 1 aromatic carbocycles. The van der Waals surface area contributed by atoms with Crippen molar-refractivity contribution >= 4 is 10.1 Å². The van der Waals surface area contributed by atoms with Gasteiger partial charge in [-0.15, -0.1) is 0 Å². The molecule has 0 spiro atoms. The van der Waals surface area contributed by atoms with Crippen LogP contribution in [0.3, 0.4) is 0 Å². The first-order valence-corrected chi connectivity index (χ1v) is 5.36. The normalized spacial score (nSPS) is 11.5. The van der Waals surface area contributed by atoms with Crippen LogP contribution in [0.4, 0.5) is 0 Å². The lowest BCUT2D eigenvalue weighted by Gasteiger charge is -2.04. The molecule has 72 valence electrons. The first kappa shape index (κ1) is 10.2. The average molecular weight is 201 g/mol. The van der Waals surface area contributed by atoms with Crippen molar-refractivity contribution in [3.63, 3.8) is 0 Å². The lowest BCUT2D eigenvalue weighted by Crippen LogP contribution is -2.07. The summed E-state index contributed by atoms with van der Waals surface area (Å²) in [6, 6.07) is 6.85. The first-order chi connectivity index (χ1) is 6.03. The molecule has 0 aliphatic rings. The van der Waals surface area contributed by atoms with Crippen LogP contribution in [0.25, 0.3) is 0 Å². The monoisotopic (exact) mass is 201 g/mol. The number of nitrogens with two attached hydrogens (primary N) is 1. The zero-order valence-corrected chi connectivity index (χ0v) is 7.79. The van der Waals surface area contributed by atoms with E-state index in [-0.39, 0.29) is 12.3 Å². The highest BCUT2D eigenvalue weighted by atomic mass is 32.2. The molecule has 0 bridgehead atoms. The molecule has 0 atom stereocenters. The molecule has 4 nitrogen and oxygen atoms in total.